The van der Waals surface area contributed by atoms with Crippen molar-refractivity contribution in [1.29, 1.82) is 0 Å². The van der Waals surface area contributed by atoms with Gasteiger partial charge in [-0.1, -0.05) is 26.0 Å². The zero-order valence-electron chi connectivity index (χ0n) is 19.3. The highest BCUT2D eigenvalue weighted by molar-refractivity contribution is 6.08. The second-order valence-corrected chi connectivity index (χ2v) is 9.17. The molecular weight excluding hydrogens is 412 g/mol. The first-order chi connectivity index (χ1) is 15.1. The molecule has 1 N–H and O–H groups in total. The topological polar surface area (TPSA) is 111 Å². The fraction of sp³-hybridized carbons (Fsp3) is 0.609. The standard InChI is InChI=1S/C23H32N4O5/c1-13(2)12-18(26-21(29)16-8-6-7-9-17(16)22(26)30)23(31)32-15(5)20(28)25-19-10-11-24-27(19)14(3)4/h6-7,10-11,13-18H,8-9,12H2,1-5H3,(H,25,28)/t15-,16-,17-,18-/m1/s1. The number of esters is 1. The van der Waals surface area contributed by atoms with Crippen LogP contribution in [0.4, 0.5) is 5.82 Å². The largest absolute Gasteiger partial charge is 0.451 e. The van der Waals surface area contributed by atoms with Gasteiger partial charge < -0.3 is 10.1 Å². The summed E-state index contributed by atoms with van der Waals surface area (Å²) in [5, 5.41) is 6.87. The number of nitrogens with one attached hydrogen (secondary N) is 1. The van der Waals surface area contributed by atoms with Crippen LogP contribution in [0.15, 0.2) is 24.4 Å². The average molecular weight is 445 g/mol. The maximum atomic E-state index is 13.1. The Morgan fingerprint density at radius 1 is 1.09 bits per heavy atom. The minimum Gasteiger partial charge on any atom is -0.451 e. The maximum Gasteiger partial charge on any atom is 0.330 e. The molecule has 1 aliphatic carbocycles. The van der Waals surface area contributed by atoms with E-state index in [9.17, 15) is 19.2 Å². The zero-order valence-corrected chi connectivity index (χ0v) is 19.3. The molecule has 4 atom stereocenters. The summed E-state index contributed by atoms with van der Waals surface area (Å²) < 4.78 is 7.09. The van der Waals surface area contributed by atoms with Crippen LogP contribution in [-0.4, -0.2) is 50.5 Å². The van der Waals surface area contributed by atoms with E-state index in [4.69, 9.17) is 4.74 Å². The number of ether oxygens (including phenoxy) is 1. The van der Waals surface area contributed by atoms with Gasteiger partial charge in [-0.05, 0) is 46.0 Å². The Hall–Kier alpha value is -2.97. The van der Waals surface area contributed by atoms with Gasteiger partial charge in [0.05, 0.1) is 18.0 Å². The Morgan fingerprint density at radius 2 is 1.69 bits per heavy atom. The third-order valence-corrected chi connectivity index (χ3v) is 5.89. The lowest BCUT2D eigenvalue weighted by molar-refractivity contribution is -0.164. The maximum absolute atomic E-state index is 13.1. The molecule has 32 heavy (non-hydrogen) atoms. The number of carbonyl (C=O) groups excluding carboxylic acids is 4. The molecular formula is C23H32N4O5. The lowest BCUT2D eigenvalue weighted by Gasteiger charge is -2.27. The van der Waals surface area contributed by atoms with Gasteiger partial charge in [-0.2, -0.15) is 5.10 Å². The molecule has 0 unspecified atom stereocenters. The number of likely N-dealkylation sites (tertiary alicyclic amines) is 1. The number of carbonyl (C=O) groups is 4. The molecule has 0 bridgehead atoms. The van der Waals surface area contributed by atoms with Crippen LogP contribution >= 0.6 is 0 Å². The quantitative estimate of drug-likeness (QED) is 0.375. The van der Waals surface area contributed by atoms with Gasteiger partial charge in [0, 0.05) is 12.1 Å². The van der Waals surface area contributed by atoms with Crippen molar-refractivity contribution in [2.45, 2.75) is 72.1 Å². The van der Waals surface area contributed by atoms with Crippen molar-refractivity contribution < 1.29 is 23.9 Å². The summed E-state index contributed by atoms with van der Waals surface area (Å²) in [7, 11) is 0. The van der Waals surface area contributed by atoms with Gasteiger partial charge in [0.2, 0.25) is 11.8 Å². The summed E-state index contributed by atoms with van der Waals surface area (Å²) in [6.07, 6.45) is 5.54. The highest BCUT2D eigenvalue weighted by Gasteiger charge is 2.51. The highest BCUT2D eigenvalue weighted by atomic mass is 16.5. The van der Waals surface area contributed by atoms with Crippen LogP contribution in [0.1, 0.15) is 59.9 Å². The van der Waals surface area contributed by atoms with Crippen molar-refractivity contribution in [2.24, 2.45) is 17.8 Å². The Balaban J connectivity index is 1.72. The Kier molecular flexibility index (Phi) is 7.16. The van der Waals surface area contributed by atoms with Crippen LogP contribution in [0.25, 0.3) is 0 Å². The van der Waals surface area contributed by atoms with Crippen LogP contribution in [0.5, 0.6) is 0 Å². The molecule has 2 aliphatic rings. The predicted octanol–water partition coefficient (Wildman–Crippen LogP) is 2.70. The smallest absolute Gasteiger partial charge is 0.330 e. The van der Waals surface area contributed by atoms with Gasteiger partial charge in [0.25, 0.3) is 5.91 Å². The van der Waals surface area contributed by atoms with Crippen molar-refractivity contribution >= 4 is 29.5 Å². The van der Waals surface area contributed by atoms with Crippen molar-refractivity contribution in [2.75, 3.05) is 5.32 Å². The molecule has 0 spiro atoms. The van der Waals surface area contributed by atoms with E-state index in [2.05, 4.69) is 10.4 Å². The number of anilines is 1. The van der Waals surface area contributed by atoms with E-state index in [1.54, 1.807) is 16.9 Å². The predicted molar refractivity (Wildman–Crippen MR) is 117 cm³/mol. The first-order valence-corrected chi connectivity index (χ1v) is 11.2. The van der Waals surface area contributed by atoms with Gasteiger partial charge in [-0.15, -0.1) is 0 Å². The third kappa shape index (κ3) is 4.76. The summed E-state index contributed by atoms with van der Waals surface area (Å²) in [6, 6.07) is 0.654. The number of amides is 3. The van der Waals surface area contributed by atoms with E-state index in [0.29, 0.717) is 18.7 Å². The molecule has 1 saturated heterocycles. The van der Waals surface area contributed by atoms with Crippen LogP contribution in [0.3, 0.4) is 0 Å². The molecule has 3 rings (SSSR count). The summed E-state index contributed by atoms with van der Waals surface area (Å²) in [5.74, 6) is -2.23. The molecule has 0 radical (unpaired) electrons. The summed E-state index contributed by atoms with van der Waals surface area (Å²) >= 11 is 0. The molecule has 9 nitrogen and oxygen atoms in total. The SMILES string of the molecule is CC(C)C[C@H](C(=O)O[C@H](C)C(=O)Nc1ccnn1C(C)C)N1C(=O)[C@@H]2CC=CC[C@H]2C1=O. The number of hydrogen-bond donors (Lipinski definition) is 1. The Morgan fingerprint density at radius 3 is 2.22 bits per heavy atom. The van der Waals surface area contributed by atoms with Crippen molar-refractivity contribution in [3.8, 4) is 0 Å². The van der Waals surface area contributed by atoms with Gasteiger partial charge in [0.15, 0.2) is 6.10 Å². The van der Waals surface area contributed by atoms with Crippen molar-refractivity contribution in [1.82, 2.24) is 14.7 Å². The summed E-state index contributed by atoms with van der Waals surface area (Å²) in [5.41, 5.74) is 0. The van der Waals surface area contributed by atoms with Gasteiger partial charge in [0.1, 0.15) is 11.9 Å². The van der Waals surface area contributed by atoms with Gasteiger partial charge in [-0.3, -0.25) is 19.3 Å². The van der Waals surface area contributed by atoms with Crippen LogP contribution < -0.4 is 5.32 Å². The second kappa shape index (κ2) is 9.67. The molecule has 174 valence electrons. The minimum absolute atomic E-state index is 0.0402. The molecule has 0 aromatic carbocycles. The van der Waals surface area contributed by atoms with E-state index in [1.807, 2.05) is 39.8 Å². The van der Waals surface area contributed by atoms with E-state index in [1.165, 1.54) is 6.92 Å². The number of imide groups is 1. The zero-order chi connectivity index (χ0) is 23.6. The van der Waals surface area contributed by atoms with Crippen LogP contribution in [0.2, 0.25) is 0 Å². The monoisotopic (exact) mass is 444 g/mol. The number of aromatic nitrogens is 2. The molecule has 1 aromatic heterocycles. The number of nitrogens with zero attached hydrogens (tertiary/aromatic N) is 3. The Labute approximate surface area is 188 Å². The normalized spacial score (nSPS) is 22.3. The molecule has 0 saturated carbocycles. The number of allylic oxidation sites excluding steroid dienone is 2. The molecule has 1 fully saturated rings. The molecule has 1 aromatic rings. The minimum atomic E-state index is -1.11. The molecule has 2 heterocycles. The highest BCUT2D eigenvalue weighted by Crippen LogP contribution is 2.37. The first kappa shape index (κ1) is 23.7. The second-order valence-electron chi connectivity index (χ2n) is 9.17. The van der Waals surface area contributed by atoms with Gasteiger partial charge in [-0.25, -0.2) is 9.48 Å². The average Bonchev–Trinajstić information content (AvgIpc) is 3.29. The molecule has 9 heteroatoms. The summed E-state index contributed by atoms with van der Waals surface area (Å²) in [4.78, 5) is 52.8. The first-order valence-electron chi connectivity index (χ1n) is 11.2. The number of hydrogen-bond acceptors (Lipinski definition) is 6. The lowest BCUT2D eigenvalue weighted by Crippen LogP contribution is -2.48. The van der Waals surface area contributed by atoms with Crippen LogP contribution in [0, 0.1) is 17.8 Å². The van der Waals surface area contributed by atoms with E-state index in [-0.39, 0.29) is 30.2 Å². The van der Waals surface area contributed by atoms with E-state index < -0.39 is 35.9 Å². The number of fused-ring (bicyclic) bond motifs is 1. The van der Waals surface area contributed by atoms with Crippen LogP contribution in [-0.2, 0) is 23.9 Å². The van der Waals surface area contributed by atoms with Crippen molar-refractivity contribution in [3.63, 3.8) is 0 Å². The van der Waals surface area contributed by atoms with E-state index in [0.717, 1.165) is 4.90 Å². The lowest BCUT2D eigenvalue weighted by atomic mass is 9.85. The van der Waals surface area contributed by atoms with Crippen molar-refractivity contribution in [3.05, 3.63) is 24.4 Å². The molecule has 3 amide bonds. The summed E-state index contributed by atoms with van der Waals surface area (Å²) in [6.45, 7) is 9.14. The fourth-order valence-electron chi connectivity index (χ4n) is 4.25. The molecule has 1 aliphatic heterocycles. The van der Waals surface area contributed by atoms with E-state index >= 15 is 0 Å². The number of rotatable bonds is 8. The van der Waals surface area contributed by atoms with Gasteiger partial charge >= 0.3 is 5.97 Å². The third-order valence-electron chi connectivity index (χ3n) is 5.89. The fourth-order valence-corrected chi connectivity index (χ4v) is 4.25. The Bertz CT molecular complexity index is 893.